The van der Waals surface area contributed by atoms with Gasteiger partial charge in [-0.25, -0.2) is 0 Å². The molecule has 91 heavy (non-hydrogen) atoms. The van der Waals surface area contributed by atoms with Crippen LogP contribution in [0.3, 0.4) is 0 Å². The number of hydrogen-bond donors (Lipinski definition) is 0. The van der Waals surface area contributed by atoms with Crippen LogP contribution < -0.4 is 5.11 Å². The van der Waals surface area contributed by atoms with Crippen molar-refractivity contribution in [1.29, 1.82) is 0 Å². The van der Waals surface area contributed by atoms with Crippen LogP contribution in [0.5, 0.6) is 0 Å². The van der Waals surface area contributed by atoms with E-state index in [2.05, 4.69) is 123 Å². The van der Waals surface area contributed by atoms with E-state index in [0.29, 0.717) is 23.9 Å². The van der Waals surface area contributed by atoms with E-state index >= 15 is 0 Å². The number of carbonyl (C=O) groups is 3. The van der Waals surface area contributed by atoms with Crippen molar-refractivity contribution in [3.63, 3.8) is 0 Å². The number of esters is 2. The van der Waals surface area contributed by atoms with Crippen molar-refractivity contribution in [3.05, 3.63) is 109 Å². The number of carbonyl (C=O) groups excluding carboxylic acids is 3. The van der Waals surface area contributed by atoms with E-state index in [0.717, 1.165) is 103 Å². The fraction of sp³-hybridized carbons (Fsp3) is 0.744. The molecule has 0 aliphatic heterocycles. The highest BCUT2D eigenvalue weighted by atomic mass is 16.7. The molecule has 0 aromatic heterocycles. The Labute approximate surface area is 562 Å². The lowest BCUT2D eigenvalue weighted by Gasteiger charge is -2.26. The highest BCUT2D eigenvalue weighted by molar-refractivity contribution is 5.70. The second kappa shape index (κ2) is 71.8. The maximum Gasteiger partial charge on any atom is 0.306 e. The van der Waals surface area contributed by atoms with Crippen LogP contribution in [0.4, 0.5) is 0 Å². The number of quaternary nitrogens is 1. The molecule has 0 radical (unpaired) electrons. The molecule has 0 spiro atoms. The van der Waals surface area contributed by atoms with Gasteiger partial charge in [-0.05, 0) is 83.5 Å². The number of nitrogens with zero attached hydrogens (tertiary/aromatic N) is 1. The highest BCUT2D eigenvalue weighted by Gasteiger charge is 2.22. The minimum Gasteiger partial charge on any atom is -0.545 e. The Morgan fingerprint density at radius 3 is 0.934 bits per heavy atom. The molecule has 9 nitrogen and oxygen atoms in total. The predicted octanol–water partition coefficient (Wildman–Crippen LogP) is 22.8. The van der Waals surface area contributed by atoms with Gasteiger partial charge in [0.05, 0.1) is 40.3 Å². The summed E-state index contributed by atoms with van der Waals surface area (Å²) in [5.74, 6) is -2.27. The van der Waals surface area contributed by atoms with Crippen LogP contribution in [0.15, 0.2) is 109 Å². The second-order valence-corrected chi connectivity index (χ2v) is 26.6. The SMILES string of the molecule is CC/C=C\C/C=C\C/C=C\C/C=C\C/C=C\C/C=C\C/C=C\C/C=C\C/C=C\CCCCCCCCCCCCCC(=O)OC(COC(=O)CCCCCCCCCCCCCCCCCCCCCCCCCCCCC)COC(OCC[N+](C)(C)C)C(=O)[O-]. The minimum atomic E-state index is -1.63. The molecule has 2 atom stereocenters. The Morgan fingerprint density at radius 2 is 0.626 bits per heavy atom. The molecule has 0 N–H and O–H groups in total. The standard InChI is InChI=1S/C82H143NO8/c1-6-8-10-12-14-16-18-20-22-24-26-28-30-32-34-35-36-37-38-39-40-41-42-43-44-45-47-49-51-53-55-57-59-61-63-65-67-69-71-73-80(85)91-78(77-90-82(81(86)87)88-75-74-83(3,4)5)76-89-79(84)72-70-68-66-64-62-60-58-56-54-52-50-48-46-33-31-29-27-25-23-21-19-17-15-13-11-9-7-2/h8,10,14,16,20,22,26,28,32,34,36-37,39-40,42-43,45,47,78,82H,6-7,9,11-13,15,17-19,21,23-25,27,29-31,33,35,38,41,44,46,48-77H2,1-5H3/b10-8-,16-14-,22-20-,28-26-,34-32-,37-36-,40-39-,43-42-,47-45-. The van der Waals surface area contributed by atoms with E-state index < -0.39 is 24.3 Å². The van der Waals surface area contributed by atoms with Crippen molar-refractivity contribution < 1.29 is 42.9 Å². The molecular weight excluding hydrogens is 1130 g/mol. The fourth-order valence-electron chi connectivity index (χ4n) is 10.8. The normalized spacial score (nSPS) is 13.3. The Morgan fingerprint density at radius 1 is 0.341 bits per heavy atom. The molecule has 0 rings (SSSR count). The monoisotopic (exact) mass is 1270 g/mol. The zero-order chi connectivity index (χ0) is 66.1. The summed E-state index contributed by atoms with van der Waals surface area (Å²) >= 11 is 0. The van der Waals surface area contributed by atoms with Crippen molar-refractivity contribution in [3.8, 4) is 0 Å². The first-order chi connectivity index (χ1) is 44.6. The summed E-state index contributed by atoms with van der Waals surface area (Å²) in [5, 5.41) is 11.8. The minimum absolute atomic E-state index is 0.145. The molecule has 0 heterocycles. The van der Waals surface area contributed by atoms with Gasteiger partial charge in [-0.2, -0.15) is 0 Å². The lowest BCUT2D eigenvalue weighted by Crippen LogP contribution is -2.44. The van der Waals surface area contributed by atoms with Gasteiger partial charge in [-0.15, -0.1) is 0 Å². The van der Waals surface area contributed by atoms with E-state index in [1.807, 2.05) is 21.1 Å². The summed E-state index contributed by atoms with van der Waals surface area (Å²) < 4.78 is 22.8. The summed E-state index contributed by atoms with van der Waals surface area (Å²) in [7, 11) is 5.94. The molecular formula is C82H143NO8. The van der Waals surface area contributed by atoms with Gasteiger partial charge in [-0.1, -0.05) is 348 Å². The number of rotatable bonds is 70. The number of allylic oxidation sites excluding steroid dienone is 18. The molecule has 0 bridgehead atoms. The van der Waals surface area contributed by atoms with Crippen molar-refractivity contribution in [2.24, 2.45) is 0 Å². The molecule has 0 fully saturated rings. The average molecular weight is 1270 g/mol. The van der Waals surface area contributed by atoms with E-state index in [-0.39, 0.29) is 32.2 Å². The third-order valence-electron chi connectivity index (χ3n) is 16.5. The maximum absolute atomic E-state index is 13.0. The predicted molar refractivity (Wildman–Crippen MR) is 389 cm³/mol. The number of likely N-dealkylation sites (N-methyl/N-ethyl adjacent to an activating group) is 1. The zero-order valence-electron chi connectivity index (χ0n) is 59.9. The Balaban J connectivity index is 4.09. The maximum atomic E-state index is 13.0. The van der Waals surface area contributed by atoms with Crippen molar-refractivity contribution in [2.45, 2.75) is 347 Å². The Hall–Kier alpha value is -4.05. The van der Waals surface area contributed by atoms with Crippen LogP contribution >= 0.6 is 0 Å². The summed E-state index contributed by atoms with van der Waals surface area (Å²) in [6.07, 6.45) is 97.6. The van der Waals surface area contributed by atoms with E-state index in [9.17, 15) is 19.5 Å². The van der Waals surface area contributed by atoms with Gasteiger partial charge < -0.3 is 33.3 Å². The first-order valence-electron chi connectivity index (χ1n) is 38.0. The smallest absolute Gasteiger partial charge is 0.306 e. The number of carboxylic acid groups (broad SMARTS) is 1. The lowest BCUT2D eigenvalue weighted by molar-refractivity contribution is -0.870. The van der Waals surface area contributed by atoms with Crippen LogP contribution in [0.25, 0.3) is 0 Å². The molecule has 0 saturated heterocycles. The van der Waals surface area contributed by atoms with Gasteiger partial charge in [-0.3, -0.25) is 9.59 Å². The van der Waals surface area contributed by atoms with Gasteiger partial charge in [0, 0.05) is 12.8 Å². The number of unbranched alkanes of at least 4 members (excludes halogenated alkanes) is 37. The average Bonchev–Trinajstić information content (AvgIpc) is 3.46. The van der Waals surface area contributed by atoms with Crippen LogP contribution in [0.1, 0.15) is 335 Å². The third-order valence-corrected chi connectivity index (χ3v) is 16.5. The van der Waals surface area contributed by atoms with Gasteiger partial charge >= 0.3 is 11.9 Å². The van der Waals surface area contributed by atoms with Gasteiger partial charge in [0.2, 0.25) is 0 Å². The van der Waals surface area contributed by atoms with E-state index in [1.54, 1.807) is 0 Å². The number of ether oxygens (including phenoxy) is 4. The van der Waals surface area contributed by atoms with Crippen LogP contribution in [-0.2, 0) is 33.3 Å². The van der Waals surface area contributed by atoms with Crippen molar-refractivity contribution in [1.82, 2.24) is 0 Å². The fourth-order valence-corrected chi connectivity index (χ4v) is 10.8. The lowest BCUT2D eigenvalue weighted by atomic mass is 10.0. The molecule has 2 unspecified atom stereocenters. The topological polar surface area (TPSA) is 111 Å². The molecule has 0 aliphatic rings. The van der Waals surface area contributed by atoms with E-state index in [4.69, 9.17) is 18.9 Å². The molecule has 0 aromatic rings. The van der Waals surface area contributed by atoms with Crippen LogP contribution in [0.2, 0.25) is 0 Å². The first kappa shape index (κ1) is 87.0. The molecule has 0 saturated carbocycles. The summed E-state index contributed by atoms with van der Waals surface area (Å²) in [6.45, 7) is 4.67. The molecule has 0 aromatic carbocycles. The first-order valence-corrected chi connectivity index (χ1v) is 38.0. The zero-order valence-corrected chi connectivity index (χ0v) is 59.9. The largest absolute Gasteiger partial charge is 0.545 e. The van der Waals surface area contributed by atoms with Crippen LogP contribution in [-0.4, -0.2) is 82.3 Å². The Kier molecular flexibility index (Phi) is 68.6. The highest BCUT2D eigenvalue weighted by Crippen LogP contribution is 2.18. The molecule has 0 aliphatic carbocycles. The number of hydrogen-bond acceptors (Lipinski definition) is 8. The summed E-state index contributed by atoms with van der Waals surface area (Å²) in [5.41, 5.74) is 0. The number of carboxylic acids is 1. The third kappa shape index (κ3) is 73.2. The van der Waals surface area contributed by atoms with Crippen LogP contribution in [0, 0.1) is 0 Å². The molecule has 0 amide bonds. The summed E-state index contributed by atoms with van der Waals surface area (Å²) in [4.78, 5) is 37.6. The quantitative estimate of drug-likeness (QED) is 0.0195. The second-order valence-electron chi connectivity index (χ2n) is 26.6. The van der Waals surface area contributed by atoms with E-state index in [1.165, 1.54) is 199 Å². The van der Waals surface area contributed by atoms with Crippen molar-refractivity contribution >= 4 is 17.9 Å². The Bertz CT molecular complexity index is 1870. The van der Waals surface area contributed by atoms with Crippen molar-refractivity contribution in [2.75, 3.05) is 47.5 Å². The molecule has 9 heteroatoms. The molecule has 524 valence electrons. The van der Waals surface area contributed by atoms with Gasteiger partial charge in [0.1, 0.15) is 13.2 Å². The van der Waals surface area contributed by atoms with Gasteiger partial charge in [0.15, 0.2) is 12.4 Å². The van der Waals surface area contributed by atoms with Gasteiger partial charge in [0.25, 0.3) is 0 Å². The summed E-state index contributed by atoms with van der Waals surface area (Å²) in [6, 6.07) is 0. The number of aliphatic carboxylic acids is 1.